The van der Waals surface area contributed by atoms with E-state index in [0.29, 0.717) is 34.4 Å². The highest BCUT2D eigenvalue weighted by Crippen LogP contribution is 2.51. The van der Waals surface area contributed by atoms with Gasteiger partial charge in [-0.25, -0.2) is 9.36 Å². The largest absolute Gasteiger partial charge is 0.464 e. The number of hydrogen-bond acceptors (Lipinski definition) is 9. The summed E-state index contributed by atoms with van der Waals surface area (Å²) in [6.45, 7) is 5.02. The van der Waals surface area contributed by atoms with Crippen molar-refractivity contribution in [3.63, 3.8) is 0 Å². The molecule has 3 aromatic rings. The van der Waals surface area contributed by atoms with Crippen LogP contribution in [0.1, 0.15) is 46.3 Å². The molecule has 0 bridgehead atoms. The van der Waals surface area contributed by atoms with E-state index in [1.54, 1.807) is 35.3 Å². The Bertz CT molecular complexity index is 1690. The second-order valence-electron chi connectivity index (χ2n) is 10.8. The molecule has 3 N–H and O–H groups in total. The quantitative estimate of drug-likeness (QED) is 0.133. The normalized spacial score (nSPS) is 21.2. The average Bonchev–Trinajstić information content (AvgIpc) is 3.38. The van der Waals surface area contributed by atoms with Crippen molar-refractivity contribution in [2.24, 2.45) is 5.92 Å². The maximum absolute atomic E-state index is 14.6. The molecular formula is C29H34F4N3O9P. The Hall–Kier alpha value is -3.56. The molecule has 1 unspecified atom stereocenters. The number of fused-ring (bicyclic) bond motifs is 1. The standard InChI is InChI=1S/C29H34F4N3O9P/c1-4-17(5-2)15-42-27(39)16(3)35-46(41,44-22-12-8-10-18-9-6-7-11-19(18)22)45-25(29(31,32)33)24-21(37)13-23(43-24)36-14-20(30)26(38)34-28(36)40/h6-12,14,16-17,21,23-25,37H,4-5,13,15H2,1-3H3,(H,35,41)(H,34,38,40)/t16-,21?,23+,24-,25-,46-/m0/s1. The van der Waals surface area contributed by atoms with Crippen LogP contribution in [0.2, 0.25) is 0 Å². The predicted molar refractivity (Wildman–Crippen MR) is 157 cm³/mol. The number of carbonyl (C=O) groups is 1. The molecule has 0 radical (unpaired) electrons. The van der Waals surface area contributed by atoms with Crippen LogP contribution in [-0.4, -0.2) is 57.8 Å². The van der Waals surface area contributed by atoms with E-state index in [1.807, 2.05) is 13.8 Å². The van der Waals surface area contributed by atoms with Gasteiger partial charge in [-0.15, -0.1) is 0 Å². The summed E-state index contributed by atoms with van der Waals surface area (Å²) < 4.78 is 93.7. The van der Waals surface area contributed by atoms with Gasteiger partial charge >= 0.3 is 25.6 Å². The number of ether oxygens (including phenoxy) is 2. The van der Waals surface area contributed by atoms with Gasteiger partial charge in [0.25, 0.3) is 5.56 Å². The number of rotatable bonds is 13. The summed E-state index contributed by atoms with van der Waals surface area (Å²) in [5.41, 5.74) is -2.57. The Morgan fingerprint density at radius 3 is 2.52 bits per heavy atom. The number of nitrogens with one attached hydrogen (secondary N) is 2. The van der Waals surface area contributed by atoms with Crippen LogP contribution in [0.15, 0.2) is 58.3 Å². The zero-order valence-corrected chi connectivity index (χ0v) is 25.9. The minimum atomic E-state index is -5.36. The number of aliphatic hydroxyl groups is 1. The maximum Gasteiger partial charge on any atom is 0.460 e. The molecular weight excluding hydrogens is 641 g/mol. The van der Waals surface area contributed by atoms with Gasteiger partial charge in [0.15, 0.2) is 6.10 Å². The second kappa shape index (κ2) is 14.5. The number of hydrogen-bond donors (Lipinski definition) is 3. The van der Waals surface area contributed by atoms with E-state index in [4.69, 9.17) is 18.5 Å². The highest BCUT2D eigenvalue weighted by Gasteiger charge is 2.56. The van der Waals surface area contributed by atoms with Crippen molar-refractivity contribution in [1.29, 1.82) is 0 Å². The molecule has 0 aliphatic carbocycles. The van der Waals surface area contributed by atoms with E-state index in [1.165, 1.54) is 19.1 Å². The molecule has 1 fully saturated rings. The third-order valence-corrected chi connectivity index (χ3v) is 9.18. The van der Waals surface area contributed by atoms with E-state index < -0.39 is 74.0 Å². The van der Waals surface area contributed by atoms with E-state index >= 15 is 0 Å². The molecule has 1 saturated heterocycles. The number of alkyl halides is 3. The van der Waals surface area contributed by atoms with E-state index in [0.717, 1.165) is 0 Å². The molecule has 17 heteroatoms. The first-order valence-corrected chi connectivity index (χ1v) is 16.0. The van der Waals surface area contributed by atoms with Crippen LogP contribution in [0.25, 0.3) is 10.8 Å². The summed E-state index contributed by atoms with van der Waals surface area (Å²) in [5.74, 6) is -2.48. The molecule has 1 aromatic heterocycles. The first-order chi connectivity index (χ1) is 21.7. The van der Waals surface area contributed by atoms with Crippen LogP contribution < -0.4 is 20.9 Å². The summed E-state index contributed by atoms with van der Waals surface area (Å²) >= 11 is 0. The van der Waals surface area contributed by atoms with Gasteiger partial charge in [0.2, 0.25) is 5.82 Å². The first-order valence-electron chi connectivity index (χ1n) is 14.5. The number of halogens is 4. The van der Waals surface area contributed by atoms with Gasteiger partial charge in [-0.05, 0) is 24.3 Å². The molecule has 4 rings (SSSR count). The van der Waals surface area contributed by atoms with Crippen molar-refractivity contribution < 1.29 is 50.5 Å². The summed E-state index contributed by atoms with van der Waals surface area (Å²) in [4.78, 5) is 38.1. The zero-order chi connectivity index (χ0) is 33.8. The van der Waals surface area contributed by atoms with Crippen LogP contribution >= 0.6 is 7.75 Å². The summed E-state index contributed by atoms with van der Waals surface area (Å²) in [6, 6.07) is 9.61. The number of benzene rings is 2. The molecule has 1 aliphatic heterocycles. The fourth-order valence-electron chi connectivity index (χ4n) is 4.87. The van der Waals surface area contributed by atoms with Gasteiger partial charge in [-0.3, -0.25) is 23.7 Å². The number of carbonyl (C=O) groups excluding carboxylic acids is 1. The van der Waals surface area contributed by atoms with Crippen molar-refractivity contribution in [3.05, 3.63) is 75.3 Å². The fraction of sp³-hybridized carbons (Fsp3) is 0.483. The van der Waals surface area contributed by atoms with Gasteiger partial charge < -0.3 is 19.1 Å². The van der Waals surface area contributed by atoms with Crippen LogP contribution in [0.5, 0.6) is 5.75 Å². The number of esters is 1. The first kappa shape index (κ1) is 35.3. The lowest BCUT2D eigenvalue weighted by molar-refractivity contribution is -0.237. The minimum absolute atomic E-state index is 0.0204. The number of aromatic amines is 1. The SMILES string of the molecule is CCC(CC)COC(=O)[C@H](C)N[P@](=O)(Oc1cccc2ccccc12)O[C@@H]([C@H]1O[C@@H](n2cc(F)c(=O)[nH]c2=O)CC1O)C(F)(F)F. The number of aliphatic hydroxyl groups excluding tert-OH is 1. The smallest absolute Gasteiger partial charge is 0.460 e. The lowest BCUT2D eigenvalue weighted by atomic mass is 10.1. The summed E-state index contributed by atoms with van der Waals surface area (Å²) in [7, 11) is -5.20. The Balaban J connectivity index is 1.67. The van der Waals surface area contributed by atoms with Gasteiger partial charge in [0.05, 0.1) is 18.9 Å². The van der Waals surface area contributed by atoms with Crippen molar-refractivity contribution in [3.8, 4) is 5.75 Å². The number of H-pyrrole nitrogens is 1. The molecule has 0 amide bonds. The van der Waals surface area contributed by atoms with Gasteiger partial charge in [-0.1, -0.05) is 63.1 Å². The Morgan fingerprint density at radius 1 is 1.17 bits per heavy atom. The molecule has 46 heavy (non-hydrogen) atoms. The van der Waals surface area contributed by atoms with Crippen molar-refractivity contribution >= 4 is 24.5 Å². The van der Waals surface area contributed by atoms with E-state index in [9.17, 15) is 41.6 Å². The monoisotopic (exact) mass is 675 g/mol. The molecule has 0 saturated carbocycles. The van der Waals surface area contributed by atoms with E-state index in [-0.39, 0.29) is 18.3 Å². The number of aromatic nitrogens is 2. The lowest BCUT2D eigenvalue weighted by Crippen LogP contribution is -2.48. The maximum atomic E-state index is 14.6. The predicted octanol–water partition coefficient (Wildman–Crippen LogP) is 4.57. The Labute approximate surface area is 260 Å². The Kier molecular flexibility index (Phi) is 11.1. The lowest BCUT2D eigenvalue weighted by Gasteiger charge is -2.32. The molecule has 0 spiro atoms. The van der Waals surface area contributed by atoms with Gasteiger partial charge in [0.1, 0.15) is 24.1 Å². The van der Waals surface area contributed by atoms with Crippen LogP contribution in [0.3, 0.4) is 0 Å². The van der Waals surface area contributed by atoms with E-state index in [2.05, 4.69) is 5.09 Å². The van der Waals surface area contributed by atoms with Gasteiger partial charge in [-0.2, -0.15) is 22.6 Å². The molecule has 2 heterocycles. The molecule has 1 aliphatic rings. The van der Waals surface area contributed by atoms with Crippen molar-refractivity contribution in [1.82, 2.24) is 14.6 Å². The minimum Gasteiger partial charge on any atom is -0.464 e. The molecule has 2 aromatic carbocycles. The summed E-state index contributed by atoms with van der Waals surface area (Å²) in [5, 5.41) is 13.8. The van der Waals surface area contributed by atoms with Gasteiger partial charge in [0, 0.05) is 11.8 Å². The second-order valence-corrected chi connectivity index (χ2v) is 12.4. The molecule has 252 valence electrons. The third kappa shape index (κ3) is 8.23. The third-order valence-electron chi connectivity index (χ3n) is 7.53. The fourth-order valence-corrected chi connectivity index (χ4v) is 6.57. The number of nitrogens with zero attached hydrogens (tertiary/aromatic N) is 1. The highest BCUT2D eigenvalue weighted by atomic mass is 31.2. The van der Waals surface area contributed by atoms with Crippen LogP contribution in [0.4, 0.5) is 17.6 Å². The summed E-state index contributed by atoms with van der Waals surface area (Å²) in [6.07, 6.45) is -13.3. The molecule has 12 nitrogen and oxygen atoms in total. The Morgan fingerprint density at radius 2 is 1.85 bits per heavy atom. The zero-order valence-electron chi connectivity index (χ0n) is 25.0. The van der Waals surface area contributed by atoms with Crippen LogP contribution in [0, 0.1) is 11.7 Å². The average molecular weight is 676 g/mol. The molecule has 6 atom stereocenters. The van der Waals surface area contributed by atoms with Crippen LogP contribution in [-0.2, 0) is 23.4 Å². The van der Waals surface area contributed by atoms with Crippen molar-refractivity contribution in [2.45, 2.75) is 76.8 Å². The topological polar surface area (TPSA) is 158 Å². The van der Waals surface area contributed by atoms with Crippen molar-refractivity contribution in [2.75, 3.05) is 6.61 Å². The highest BCUT2D eigenvalue weighted by molar-refractivity contribution is 7.52.